The van der Waals surface area contributed by atoms with Gasteiger partial charge in [0, 0.05) is 23.1 Å². The van der Waals surface area contributed by atoms with Gasteiger partial charge >= 0.3 is 0 Å². The first-order valence-corrected chi connectivity index (χ1v) is 7.20. The first kappa shape index (κ1) is 13.4. The van der Waals surface area contributed by atoms with Gasteiger partial charge in [0.1, 0.15) is 6.54 Å². The summed E-state index contributed by atoms with van der Waals surface area (Å²) in [6.45, 7) is 2.92. The lowest BCUT2D eigenvalue weighted by Crippen LogP contribution is -2.27. The number of amides is 1. The second-order valence-electron chi connectivity index (χ2n) is 4.99. The lowest BCUT2D eigenvalue weighted by Gasteiger charge is -2.10. The molecular formula is C18H18N2O. The van der Waals surface area contributed by atoms with Crippen molar-refractivity contribution in [2.45, 2.75) is 13.5 Å². The average molecular weight is 278 g/mol. The van der Waals surface area contributed by atoms with Crippen molar-refractivity contribution >= 4 is 16.8 Å². The van der Waals surface area contributed by atoms with Crippen LogP contribution in [0, 0.1) is 0 Å². The first-order valence-electron chi connectivity index (χ1n) is 7.20. The fourth-order valence-electron chi connectivity index (χ4n) is 2.63. The molecule has 0 aliphatic heterocycles. The van der Waals surface area contributed by atoms with E-state index in [0.29, 0.717) is 13.1 Å². The van der Waals surface area contributed by atoms with E-state index < -0.39 is 0 Å². The van der Waals surface area contributed by atoms with Crippen LogP contribution in [0.2, 0.25) is 0 Å². The van der Waals surface area contributed by atoms with Gasteiger partial charge in [0.2, 0.25) is 5.91 Å². The minimum atomic E-state index is 0.0380. The van der Waals surface area contributed by atoms with Crippen molar-refractivity contribution in [1.82, 2.24) is 9.88 Å². The number of fused-ring (bicyclic) bond motifs is 1. The van der Waals surface area contributed by atoms with Crippen molar-refractivity contribution in [1.29, 1.82) is 0 Å². The van der Waals surface area contributed by atoms with Gasteiger partial charge in [0.15, 0.2) is 0 Å². The highest BCUT2D eigenvalue weighted by atomic mass is 16.1. The number of carbonyl (C=O) groups excluding carboxylic acids is 1. The summed E-state index contributed by atoms with van der Waals surface area (Å²) >= 11 is 0. The maximum atomic E-state index is 12.0. The van der Waals surface area contributed by atoms with E-state index in [1.807, 2.05) is 37.3 Å². The molecule has 1 N–H and O–H groups in total. The van der Waals surface area contributed by atoms with Crippen LogP contribution in [-0.4, -0.2) is 17.0 Å². The molecule has 0 fully saturated rings. The van der Waals surface area contributed by atoms with Crippen molar-refractivity contribution in [3.63, 3.8) is 0 Å². The zero-order valence-electron chi connectivity index (χ0n) is 12.0. The summed E-state index contributed by atoms with van der Waals surface area (Å²) in [5, 5.41) is 4.02. The predicted octanol–water partition coefficient (Wildman–Crippen LogP) is 3.44. The average Bonchev–Trinajstić information content (AvgIpc) is 2.87. The molecule has 0 radical (unpaired) electrons. The van der Waals surface area contributed by atoms with Gasteiger partial charge in [-0.05, 0) is 24.6 Å². The zero-order valence-corrected chi connectivity index (χ0v) is 12.0. The molecule has 0 unspecified atom stereocenters. The number of aromatic nitrogens is 1. The van der Waals surface area contributed by atoms with Crippen molar-refractivity contribution in [3.8, 4) is 11.3 Å². The van der Waals surface area contributed by atoms with Crippen LogP contribution < -0.4 is 5.32 Å². The zero-order chi connectivity index (χ0) is 14.7. The highest BCUT2D eigenvalue weighted by Crippen LogP contribution is 2.27. The number of nitrogens with zero attached hydrogens (tertiary/aromatic N) is 1. The Bertz CT molecular complexity index is 759. The van der Waals surface area contributed by atoms with E-state index in [1.54, 1.807) is 0 Å². The minimum Gasteiger partial charge on any atom is -0.355 e. The number of nitrogens with one attached hydrogen (secondary N) is 1. The summed E-state index contributed by atoms with van der Waals surface area (Å²) in [6.07, 6.45) is 0. The highest BCUT2D eigenvalue weighted by molar-refractivity contribution is 5.89. The van der Waals surface area contributed by atoms with Gasteiger partial charge in [-0.25, -0.2) is 0 Å². The van der Waals surface area contributed by atoms with E-state index in [1.165, 1.54) is 0 Å². The Labute approximate surface area is 124 Å². The van der Waals surface area contributed by atoms with Gasteiger partial charge in [0.25, 0.3) is 0 Å². The molecule has 0 saturated heterocycles. The van der Waals surface area contributed by atoms with Crippen LogP contribution in [-0.2, 0) is 11.3 Å². The number of benzene rings is 2. The number of rotatable bonds is 4. The normalized spacial score (nSPS) is 10.7. The number of para-hydroxylation sites is 1. The fraction of sp³-hybridized carbons (Fsp3) is 0.167. The van der Waals surface area contributed by atoms with E-state index in [0.717, 1.165) is 22.2 Å². The highest BCUT2D eigenvalue weighted by Gasteiger charge is 2.12. The van der Waals surface area contributed by atoms with Gasteiger partial charge in [-0.15, -0.1) is 0 Å². The van der Waals surface area contributed by atoms with Crippen LogP contribution in [0.15, 0.2) is 60.7 Å². The third kappa shape index (κ3) is 2.68. The molecule has 106 valence electrons. The summed E-state index contributed by atoms with van der Waals surface area (Å²) < 4.78 is 2.08. The van der Waals surface area contributed by atoms with E-state index in [-0.39, 0.29) is 5.91 Å². The molecule has 3 rings (SSSR count). The maximum Gasteiger partial charge on any atom is 0.239 e. The summed E-state index contributed by atoms with van der Waals surface area (Å²) in [4.78, 5) is 12.0. The molecule has 0 aliphatic rings. The number of carbonyl (C=O) groups is 1. The van der Waals surface area contributed by atoms with E-state index in [4.69, 9.17) is 0 Å². The van der Waals surface area contributed by atoms with Crippen molar-refractivity contribution in [2.24, 2.45) is 0 Å². The first-order chi connectivity index (χ1) is 10.3. The van der Waals surface area contributed by atoms with Crippen LogP contribution >= 0.6 is 0 Å². The third-order valence-electron chi connectivity index (χ3n) is 3.56. The molecule has 1 amide bonds. The summed E-state index contributed by atoms with van der Waals surface area (Å²) in [7, 11) is 0. The molecule has 0 aliphatic carbocycles. The summed E-state index contributed by atoms with van der Waals surface area (Å²) in [6, 6.07) is 20.5. The molecular weight excluding hydrogens is 260 g/mol. The molecule has 3 heteroatoms. The Morgan fingerprint density at radius 3 is 2.52 bits per heavy atom. The molecule has 0 spiro atoms. The van der Waals surface area contributed by atoms with Gasteiger partial charge in [-0.3, -0.25) is 4.79 Å². The van der Waals surface area contributed by atoms with Gasteiger partial charge in [-0.1, -0.05) is 48.5 Å². The van der Waals surface area contributed by atoms with E-state index >= 15 is 0 Å². The van der Waals surface area contributed by atoms with Gasteiger partial charge in [0.05, 0.1) is 0 Å². The Hall–Kier alpha value is -2.55. The smallest absolute Gasteiger partial charge is 0.239 e. The molecule has 21 heavy (non-hydrogen) atoms. The Balaban J connectivity index is 2.12. The fourth-order valence-corrected chi connectivity index (χ4v) is 2.63. The molecule has 3 nitrogen and oxygen atoms in total. The third-order valence-corrected chi connectivity index (χ3v) is 3.56. The van der Waals surface area contributed by atoms with Crippen LogP contribution in [0.3, 0.4) is 0 Å². The topological polar surface area (TPSA) is 34.0 Å². The molecule has 0 atom stereocenters. The Kier molecular flexibility index (Phi) is 3.73. The van der Waals surface area contributed by atoms with Crippen LogP contribution in [0.5, 0.6) is 0 Å². The van der Waals surface area contributed by atoms with Gasteiger partial charge in [-0.2, -0.15) is 0 Å². The second-order valence-corrected chi connectivity index (χ2v) is 4.99. The van der Waals surface area contributed by atoms with Gasteiger partial charge < -0.3 is 9.88 Å². The maximum absolute atomic E-state index is 12.0. The molecule has 3 aromatic rings. The van der Waals surface area contributed by atoms with Crippen molar-refractivity contribution in [2.75, 3.05) is 6.54 Å². The largest absolute Gasteiger partial charge is 0.355 e. The molecule has 0 bridgehead atoms. The monoisotopic (exact) mass is 278 g/mol. The molecule has 1 heterocycles. The lowest BCUT2D eigenvalue weighted by molar-refractivity contribution is -0.121. The van der Waals surface area contributed by atoms with E-state index in [9.17, 15) is 4.79 Å². The molecule has 2 aromatic carbocycles. The van der Waals surface area contributed by atoms with Crippen molar-refractivity contribution in [3.05, 3.63) is 60.7 Å². The van der Waals surface area contributed by atoms with Crippen LogP contribution in [0.1, 0.15) is 6.92 Å². The molecule has 1 aromatic heterocycles. The number of hydrogen-bond donors (Lipinski definition) is 1. The van der Waals surface area contributed by atoms with Crippen LogP contribution in [0.25, 0.3) is 22.2 Å². The standard InChI is InChI=1S/C18H18N2O/c1-2-19-18(21)13-20-16-11-7-6-10-15(16)12-17(20)14-8-4-3-5-9-14/h3-12H,2,13H2,1H3,(H,19,21). The number of likely N-dealkylation sites (N-methyl/N-ethyl adjacent to an activating group) is 1. The van der Waals surface area contributed by atoms with Crippen LogP contribution in [0.4, 0.5) is 0 Å². The SMILES string of the molecule is CCNC(=O)Cn1c(-c2ccccc2)cc2ccccc21. The summed E-state index contributed by atoms with van der Waals surface area (Å²) in [5.74, 6) is 0.0380. The lowest BCUT2D eigenvalue weighted by atomic mass is 10.1. The quantitative estimate of drug-likeness (QED) is 0.779. The Morgan fingerprint density at radius 1 is 1.05 bits per heavy atom. The van der Waals surface area contributed by atoms with E-state index in [2.05, 4.69) is 40.2 Å². The minimum absolute atomic E-state index is 0.0380. The van der Waals surface area contributed by atoms with Crippen molar-refractivity contribution < 1.29 is 4.79 Å². The second kappa shape index (κ2) is 5.83. The Morgan fingerprint density at radius 2 is 1.76 bits per heavy atom. The predicted molar refractivity (Wildman–Crippen MR) is 86.1 cm³/mol. The molecule has 0 saturated carbocycles. The number of hydrogen-bond acceptors (Lipinski definition) is 1. The summed E-state index contributed by atoms with van der Waals surface area (Å²) in [5.41, 5.74) is 3.28.